The zero-order valence-corrected chi connectivity index (χ0v) is 11.0. The maximum absolute atomic E-state index is 6.28. The van der Waals surface area contributed by atoms with Crippen LogP contribution in [0.3, 0.4) is 0 Å². The van der Waals surface area contributed by atoms with Crippen molar-refractivity contribution >= 4 is 17.3 Å². The molecule has 1 rings (SSSR count). The molecule has 17 heavy (non-hydrogen) atoms. The Labute approximate surface area is 108 Å². The molecule has 1 aromatic carbocycles. The first-order valence-corrected chi connectivity index (χ1v) is 6.29. The van der Waals surface area contributed by atoms with Crippen LogP contribution in [0.4, 0.5) is 5.69 Å². The van der Waals surface area contributed by atoms with Gasteiger partial charge in [-0.05, 0) is 44.7 Å². The van der Waals surface area contributed by atoms with E-state index in [4.69, 9.17) is 11.6 Å². The van der Waals surface area contributed by atoms with Gasteiger partial charge in [0.2, 0.25) is 0 Å². The molecular weight excluding hydrogens is 232 g/mol. The average molecular weight is 251 g/mol. The van der Waals surface area contributed by atoms with Gasteiger partial charge >= 0.3 is 0 Å². The lowest BCUT2D eigenvalue weighted by Crippen LogP contribution is -2.11. The van der Waals surface area contributed by atoms with E-state index in [1.807, 2.05) is 43.3 Å². The van der Waals surface area contributed by atoms with Gasteiger partial charge in [0.1, 0.15) is 0 Å². The smallest absolute Gasteiger partial charge is 0.152 e. The summed E-state index contributed by atoms with van der Waals surface area (Å²) in [6.45, 7) is 5.59. The molecule has 0 bridgehead atoms. The van der Waals surface area contributed by atoms with Crippen molar-refractivity contribution in [2.24, 2.45) is 10.2 Å². The molecule has 2 nitrogen and oxygen atoms in total. The summed E-state index contributed by atoms with van der Waals surface area (Å²) in [6, 6.07) is 9.64. The minimum Gasteiger partial charge on any atom is -0.166 e. The Hall–Kier alpha value is -1.15. The normalized spacial score (nSPS) is 14.7. The Morgan fingerprint density at radius 1 is 1.29 bits per heavy atom. The van der Waals surface area contributed by atoms with Crippen LogP contribution in [0.15, 0.2) is 53.2 Å². The summed E-state index contributed by atoms with van der Waals surface area (Å²) in [6.07, 6.45) is 5.94. The number of alkyl halides is 1. The predicted molar refractivity (Wildman–Crippen MR) is 73.9 cm³/mol. The molecule has 0 saturated carbocycles. The van der Waals surface area contributed by atoms with E-state index in [-0.39, 0.29) is 0 Å². The maximum Gasteiger partial charge on any atom is 0.152 e. The molecule has 0 spiro atoms. The van der Waals surface area contributed by atoms with Gasteiger partial charge in [-0.2, -0.15) is 10.2 Å². The summed E-state index contributed by atoms with van der Waals surface area (Å²) in [4.78, 5) is -0.600. The summed E-state index contributed by atoms with van der Waals surface area (Å²) in [5.41, 5.74) is 0.838. The fourth-order valence-corrected chi connectivity index (χ4v) is 1.61. The van der Waals surface area contributed by atoms with Crippen molar-refractivity contribution in [1.82, 2.24) is 0 Å². The number of rotatable bonds is 7. The Morgan fingerprint density at radius 3 is 2.65 bits per heavy atom. The van der Waals surface area contributed by atoms with Gasteiger partial charge in [0.15, 0.2) is 5.00 Å². The van der Waals surface area contributed by atoms with Gasteiger partial charge in [-0.3, -0.25) is 0 Å². The van der Waals surface area contributed by atoms with Crippen molar-refractivity contribution in [2.75, 3.05) is 0 Å². The van der Waals surface area contributed by atoms with E-state index in [9.17, 15) is 0 Å². The molecule has 0 aromatic heterocycles. The second-order valence-corrected chi connectivity index (χ2v) is 5.03. The zero-order valence-electron chi connectivity index (χ0n) is 10.3. The van der Waals surface area contributed by atoms with Crippen molar-refractivity contribution in [3.8, 4) is 0 Å². The predicted octanol–water partition coefficient (Wildman–Crippen LogP) is 5.47. The molecular formula is C14H19ClN2. The Bertz CT molecular complexity index is 358. The molecule has 0 aliphatic heterocycles. The highest BCUT2D eigenvalue weighted by Gasteiger charge is 2.18. The highest BCUT2D eigenvalue weighted by atomic mass is 35.5. The molecule has 3 heteroatoms. The SMILES string of the molecule is C=CCCCCC(C)(Cl)N=Nc1ccccc1. The van der Waals surface area contributed by atoms with Gasteiger partial charge in [-0.1, -0.05) is 35.9 Å². The molecule has 1 unspecified atom stereocenters. The van der Waals surface area contributed by atoms with Crippen molar-refractivity contribution in [2.45, 2.75) is 37.6 Å². The minimum atomic E-state index is -0.600. The van der Waals surface area contributed by atoms with Crippen LogP contribution < -0.4 is 0 Å². The summed E-state index contributed by atoms with van der Waals surface area (Å²) in [5.74, 6) is 0. The van der Waals surface area contributed by atoms with Crippen molar-refractivity contribution in [3.63, 3.8) is 0 Å². The van der Waals surface area contributed by atoms with Gasteiger partial charge in [0.25, 0.3) is 0 Å². The Morgan fingerprint density at radius 2 is 2.00 bits per heavy atom. The molecule has 0 saturated heterocycles. The number of benzene rings is 1. The lowest BCUT2D eigenvalue weighted by Gasteiger charge is -2.14. The zero-order chi connectivity index (χ0) is 12.6. The standard InChI is InChI=1S/C14H19ClN2/c1-3-4-5-9-12-14(2,15)17-16-13-10-7-6-8-11-13/h3,6-8,10-11H,1,4-5,9,12H2,2H3. The molecule has 0 fully saturated rings. The van der Waals surface area contributed by atoms with E-state index in [1.165, 1.54) is 0 Å². The highest BCUT2D eigenvalue weighted by molar-refractivity contribution is 6.23. The molecule has 0 aliphatic rings. The fourth-order valence-electron chi connectivity index (χ4n) is 1.44. The van der Waals surface area contributed by atoms with Gasteiger partial charge in [-0.25, -0.2) is 0 Å². The van der Waals surface area contributed by atoms with E-state index in [0.29, 0.717) is 0 Å². The van der Waals surface area contributed by atoms with Crippen LogP contribution in [0.1, 0.15) is 32.6 Å². The van der Waals surface area contributed by atoms with Crippen LogP contribution in [-0.2, 0) is 0 Å². The van der Waals surface area contributed by atoms with Crippen molar-refractivity contribution in [1.29, 1.82) is 0 Å². The monoisotopic (exact) mass is 250 g/mol. The lowest BCUT2D eigenvalue weighted by molar-refractivity contribution is 0.535. The lowest BCUT2D eigenvalue weighted by atomic mass is 10.1. The number of unbranched alkanes of at least 4 members (excludes halogenated alkanes) is 2. The minimum absolute atomic E-state index is 0.600. The molecule has 1 atom stereocenters. The summed E-state index contributed by atoms with van der Waals surface area (Å²) in [7, 11) is 0. The van der Waals surface area contributed by atoms with Crippen molar-refractivity contribution in [3.05, 3.63) is 43.0 Å². The third-order valence-corrected chi connectivity index (χ3v) is 2.69. The third-order valence-electron chi connectivity index (χ3n) is 2.42. The first-order chi connectivity index (χ1) is 8.14. The highest BCUT2D eigenvalue weighted by Crippen LogP contribution is 2.26. The van der Waals surface area contributed by atoms with Gasteiger partial charge in [0, 0.05) is 0 Å². The molecule has 92 valence electrons. The number of nitrogens with zero attached hydrogens (tertiary/aromatic N) is 2. The first-order valence-electron chi connectivity index (χ1n) is 5.92. The van der Waals surface area contributed by atoms with Gasteiger partial charge in [-0.15, -0.1) is 6.58 Å². The summed E-state index contributed by atoms with van der Waals surface area (Å²) < 4.78 is 0. The quantitative estimate of drug-likeness (QED) is 0.202. The molecule has 0 heterocycles. The van der Waals surface area contributed by atoms with E-state index < -0.39 is 5.00 Å². The van der Waals surface area contributed by atoms with Crippen LogP contribution in [-0.4, -0.2) is 5.00 Å². The fraction of sp³-hybridized carbons (Fsp3) is 0.429. The number of halogens is 1. The van der Waals surface area contributed by atoms with Crippen LogP contribution in [0, 0.1) is 0 Å². The number of azo groups is 1. The van der Waals surface area contributed by atoms with Crippen LogP contribution in [0.25, 0.3) is 0 Å². The van der Waals surface area contributed by atoms with Gasteiger partial charge < -0.3 is 0 Å². The Kier molecular flexibility index (Phi) is 5.92. The van der Waals surface area contributed by atoms with Crippen LogP contribution in [0.2, 0.25) is 0 Å². The van der Waals surface area contributed by atoms with E-state index in [1.54, 1.807) is 0 Å². The van der Waals surface area contributed by atoms with Gasteiger partial charge in [0.05, 0.1) is 5.69 Å². The van der Waals surface area contributed by atoms with E-state index in [2.05, 4.69) is 16.8 Å². The third kappa shape index (κ3) is 6.22. The summed E-state index contributed by atoms with van der Waals surface area (Å²) >= 11 is 6.28. The van der Waals surface area contributed by atoms with E-state index in [0.717, 1.165) is 31.4 Å². The Balaban J connectivity index is 2.42. The maximum atomic E-state index is 6.28. The molecule has 1 aromatic rings. The van der Waals surface area contributed by atoms with Crippen LogP contribution >= 0.6 is 11.6 Å². The first kappa shape index (κ1) is 13.9. The van der Waals surface area contributed by atoms with Crippen LogP contribution in [0.5, 0.6) is 0 Å². The average Bonchev–Trinajstić information content (AvgIpc) is 2.34. The molecule has 0 aliphatic carbocycles. The molecule has 0 N–H and O–H groups in total. The van der Waals surface area contributed by atoms with E-state index >= 15 is 0 Å². The molecule has 0 amide bonds. The van der Waals surface area contributed by atoms with Crippen molar-refractivity contribution < 1.29 is 0 Å². The molecule has 0 radical (unpaired) electrons. The number of allylic oxidation sites excluding steroid dienone is 1. The summed E-state index contributed by atoms with van der Waals surface area (Å²) in [5, 5.41) is 8.34. The number of hydrogen-bond acceptors (Lipinski definition) is 2. The number of hydrogen-bond donors (Lipinski definition) is 0. The topological polar surface area (TPSA) is 24.7 Å². The largest absolute Gasteiger partial charge is 0.166 e. The second-order valence-electron chi connectivity index (χ2n) is 4.21. The second kappa shape index (κ2) is 7.23.